The minimum Gasteiger partial charge on any atom is -0.337 e. The summed E-state index contributed by atoms with van der Waals surface area (Å²) >= 11 is 0. The highest BCUT2D eigenvalue weighted by Gasteiger charge is 2.36. The minimum absolute atomic E-state index is 0.155. The summed E-state index contributed by atoms with van der Waals surface area (Å²) in [6, 6.07) is 5.08. The number of nitrogens with zero attached hydrogens (tertiary/aromatic N) is 1. The van der Waals surface area contributed by atoms with Gasteiger partial charge in [-0.05, 0) is 25.6 Å². The Labute approximate surface area is 109 Å². The van der Waals surface area contributed by atoms with Crippen LogP contribution < -0.4 is 5.32 Å². The second kappa shape index (κ2) is 5.21. The lowest BCUT2D eigenvalue weighted by Crippen LogP contribution is -2.34. The molecular formula is C13H15F3N2O. The Hall–Kier alpha value is -1.56. The molecule has 1 atom stereocenters. The summed E-state index contributed by atoms with van der Waals surface area (Å²) in [6.45, 7) is 0.929. The Morgan fingerprint density at radius 2 is 2.05 bits per heavy atom. The fraction of sp³-hybridized carbons (Fsp3) is 0.462. The van der Waals surface area contributed by atoms with E-state index in [2.05, 4.69) is 5.32 Å². The van der Waals surface area contributed by atoms with Gasteiger partial charge >= 0.3 is 6.18 Å². The molecule has 1 heterocycles. The Bertz CT molecular complexity index is 473. The van der Waals surface area contributed by atoms with E-state index in [4.69, 9.17) is 0 Å². The standard InChI is InChI=1S/C13H15F3N2O/c1-17-9-6-7-18(8-9)12(19)10-4-2-3-5-11(10)13(14,15)16/h2-5,9,17H,6-8H2,1H3. The second-order valence-corrected chi connectivity index (χ2v) is 4.57. The number of benzene rings is 1. The maximum absolute atomic E-state index is 12.9. The molecule has 0 bridgehead atoms. The normalized spacial score (nSPS) is 19.8. The van der Waals surface area contributed by atoms with Crippen LogP contribution in [0, 0.1) is 0 Å². The summed E-state index contributed by atoms with van der Waals surface area (Å²) in [5.74, 6) is -0.550. The Morgan fingerprint density at radius 1 is 1.37 bits per heavy atom. The quantitative estimate of drug-likeness (QED) is 0.894. The molecule has 0 saturated carbocycles. The van der Waals surface area contributed by atoms with Gasteiger partial charge in [0.2, 0.25) is 0 Å². The predicted octanol–water partition coefficient (Wildman–Crippen LogP) is 2.14. The molecule has 0 aliphatic carbocycles. The van der Waals surface area contributed by atoms with Crippen LogP contribution in [0.15, 0.2) is 24.3 Å². The van der Waals surface area contributed by atoms with Crippen LogP contribution in [-0.2, 0) is 6.18 Å². The van der Waals surface area contributed by atoms with Crippen LogP contribution in [0.3, 0.4) is 0 Å². The van der Waals surface area contributed by atoms with E-state index in [9.17, 15) is 18.0 Å². The van der Waals surface area contributed by atoms with Crippen molar-refractivity contribution in [2.24, 2.45) is 0 Å². The van der Waals surface area contributed by atoms with Gasteiger partial charge in [-0.25, -0.2) is 0 Å². The number of likely N-dealkylation sites (tertiary alicyclic amines) is 1. The smallest absolute Gasteiger partial charge is 0.337 e. The summed E-state index contributed by atoms with van der Waals surface area (Å²) in [6.07, 6.45) is -3.75. The third-order valence-corrected chi connectivity index (χ3v) is 3.35. The zero-order valence-corrected chi connectivity index (χ0v) is 10.5. The molecular weight excluding hydrogens is 257 g/mol. The summed E-state index contributed by atoms with van der Waals surface area (Å²) in [7, 11) is 1.78. The van der Waals surface area contributed by atoms with Crippen LogP contribution in [0.5, 0.6) is 0 Å². The Morgan fingerprint density at radius 3 is 2.63 bits per heavy atom. The molecule has 104 valence electrons. The van der Waals surface area contributed by atoms with E-state index in [1.54, 1.807) is 7.05 Å². The molecule has 1 amide bonds. The van der Waals surface area contributed by atoms with Crippen molar-refractivity contribution in [3.05, 3.63) is 35.4 Å². The minimum atomic E-state index is -4.51. The number of alkyl halides is 3. The molecule has 3 nitrogen and oxygen atoms in total. The third kappa shape index (κ3) is 2.89. The SMILES string of the molecule is CNC1CCN(C(=O)c2ccccc2C(F)(F)F)C1. The molecule has 2 rings (SSSR count). The van der Waals surface area contributed by atoms with Crippen LogP contribution in [0.25, 0.3) is 0 Å². The highest BCUT2D eigenvalue weighted by atomic mass is 19.4. The number of nitrogens with one attached hydrogen (secondary N) is 1. The van der Waals surface area contributed by atoms with Crippen molar-refractivity contribution in [3.63, 3.8) is 0 Å². The first-order valence-electron chi connectivity index (χ1n) is 6.06. The van der Waals surface area contributed by atoms with Crippen LogP contribution in [0.4, 0.5) is 13.2 Å². The number of amides is 1. The monoisotopic (exact) mass is 272 g/mol. The van der Waals surface area contributed by atoms with Gasteiger partial charge in [-0.15, -0.1) is 0 Å². The average Bonchev–Trinajstić information content (AvgIpc) is 2.85. The van der Waals surface area contributed by atoms with Gasteiger partial charge in [0.1, 0.15) is 0 Å². The van der Waals surface area contributed by atoms with Crippen LogP contribution in [0.1, 0.15) is 22.3 Å². The number of rotatable bonds is 2. The lowest BCUT2D eigenvalue weighted by atomic mass is 10.1. The van der Waals surface area contributed by atoms with E-state index < -0.39 is 17.6 Å². The molecule has 1 saturated heterocycles. The number of halogens is 3. The molecule has 6 heteroatoms. The molecule has 0 spiro atoms. The van der Waals surface area contributed by atoms with E-state index in [-0.39, 0.29) is 11.6 Å². The van der Waals surface area contributed by atoms with Crippen LogP contribution >= 0.6 is 0 Å². The summed E-state index contributed by atoms with van der Waals surface area (Å²) in [5.41, 5.74) is -1.14. The first kappa shape index (κ1) is 13.9. The molecule has 0 aromatic heterocycles. The first-order valence-corrected chi connectivity index (χ1v) is 6.06. The molecule has 1 N–H and O–H groups in total. The fourth-order valence-electron chi connectivity index (χ4n) is 2.27. The number of hydrogen-bond donors (Lipinski definition) is 1. The number of hydrogen-bond acceptors (Lipinski definition) is 2. The zero-order chi connectivity index (χ0) is 14.0. The van der Waals surface area contributed by atoms with E-state index in [0.717, 1.165) is 12.5 Å². The van der Waals surface area contributed by atoms with Gasteiger partial charge in [0.25, 0.3) is 5.91 Å². The lowest BCUT2D eigenvalue weighted by molar-refractivity contribution is -0.138. The van der Waals surface area contributed by atoms with Gasteiger partial charge in [0, 0.05) is 19.1 Å². The number of carbonyl (C=O) groups is 1. The highest BCUT2D eigenvalue weighted by Crippen LogP contribution is 2.32. The van der Waals surface area contributed by atoms with Crippen molar-refractivity contribution in [1.29, 1.82) is 0 Å². The first-order chi connectivity index (χ1) is 8.93. The fourth-order valence-corrected chi connectivity index (χ4v) is 2.27. The summed E-state index contributed by atoms with van der Waals surface area (Å²) in [5, 5.41) is 3.03. The van der Waals surface area contributed by atoms with Crippen molar-refractivity contribution in [2.75, 3.05) is 20.1 Å². The lowest BCUT2D eigenvalue weighted by Gasteiger charge is -2.19. The van der Waals surface area contributed by atoms with E-state index in [0.29, 0.717) is 13.1 Å². The van der Waals surface area contributed by atoms with Gasteiger partial charge in [0.05, 0.1) is 11.1 Å². The van der Waals surface area contributed by atoms with Gasteiger partial charge in [-0.3, -0.25) is 4.79 Å². The van der Waals surface area contributed by atoms with Gasteiger partial charge in [-0.2, -0.15) is 13.2 Å². The van der Waals surface area contributed by atoms with Gasteiger partial charge in [-0.1, -0.05) is 12.1 Å². The number of carbonyl (C=O) groups excluding carboxylic acids is 1. The largest absolute Gasteiger partial charge is 0.417 e. The topological polar surface area (TPSA) is 32.3 Å². The molecule has 1 aliphatic rings. The molecule has 0 radical (unpaired) electrons. The predicted molar refractivity (Wildman–Crippen MR) is 64.8 cm³/mol. The zero-order valence-electron chi connectivity index (χ0n) is 10.5. The van der Waals surface area contributed by atoms with Crippen molar-refractivity contribution in [1.82, 2.24) is 10.2 Å². The van der Waals surface area contributed by atoms with Gasteiger partial charge in [0.15, 0.2) is 0 Å². The maximum Gasteiger partial charge on any atom is 0.417 e. The number of likely N-dealkylation sites (N-methyl/N-ethyl adjacent to an activating group) is 1. The molecule has 1 fully saturated rings. The van der Waals surface area contributed by atoms with Crippen molar-refractivity contribution in [3.8, 4) is 0 Å². The molecule has 1 aromatic rings. The summed E-state index contributed by atoms with van der Waals surface area (Å²) in [4.78, 5) is 13.6. The highest BCUT2D eigenvalue weighted by molar-refractivity contribution is 5.96. The molecule has 19 heavy (non-hydrogen) atoms. The second-order valence-electron chi connectivity index (χ2n) is 4.57. The third-order valence-electron chi connectivity index (χ3n) is 3.35. The van der Waals surface area contributed by atoms with E-state index in [1.165, 1.54) is 23.1 Å². The summed E-state index contributed by atoms with van der Waals surface area (Å²) < 4.78 is 38.6. The molecule has 1 aliphatic heterocycles. The Balaban J connectivity index is 2.25. The van der Waals surface area contributed by atoms with Gasteiger partial charge < -0.3 is 10.2 Å². The van der Waals surface area contributed by atoms with Crippen LogP contribution in [-0.4, -0.2) is 37.0 Å². The van der Waals surface area contributed by atoms with Crippen LogP contribution in [0.2, 0.25) is 0 Å². The van der Waals surface area contributed by atoms with Crippen molar-refractivity contribution >= 4 is 5.91 Å². The average molecular weight is 272 g/mol. The van der Waals surface area contributed by atoms with E-state index >= 15 is 0 Å². The van der Waals surface area contributed by atoms with E-state index in [1.807, 2.05) is 0 Å². The molecule has 1 unspecified atom stereocenters. The Kier molecular flexibility index (Phi) is 3.80. The molecule has 1 aromatic carbocycles. The maximum atomic E-state index is 12.9. The van der Waals surface area contributed by atoms with Crippen molar-refractivity contribution in [2.45, 2.75) is 18.6 Å². The van der Waals surface area contributed by atoms with Crippen molar-refractivity contribution < 1.29 is 18.0 Å².